The van der Waals surface area contributed by atoms with Crippen molar-refractivity contribution in [3.8, 4) is 0 Å². The highest BCUT2D eigenvalue weighted by Crippen LogP contribution is 2.42. The standard InChI is InChI=1S/C17H17N3OS2/c21-15-9-12(18-17-20(15)6-8-23-17)10-19-5-3-14-13(4-7-22-14)16(19)11-1-2-11/h4,6-9,11,16H,1-3,5,10H2/p+1/t16-/m0/s1. The Bertz CT molecular complexity index is 921. The van der Waals surface area contributed by atoms with Gasteiger partial charge in [0.1, 0.15) is 18.3 Å². The molecule has 0 aromatic carbocycles. The molecule has 2 atom stereocenters. The van der Waals surface area contributed by atoms with Crippen molar-refractivity contribution in [2.75, 3.05) is 6.54 Å². The molecule has 0 amide bonds. The summed E-state index contributed by atoms with van der Waals surface area (Å²) in [6.45, 7) is 2.01. The zero-order valence-electron chi connectivity index (χ0n) is 12.7. The van der Waals surface area contributed by atoms with Gasteiger partial charge in [0.2, 0.25) is 0 Å². The molecule has 1 saturated carbocycles. The van der Waals surface area contributed by atoms with Gasteiger partial charge in [-0.3, -0.25) is 9.20 Å². The molecule has 6 heteroatoms. The van der Waals surface area contributed by atoms with Gasteiger partial charge in [0.05, 0.1) is 6.54 Å². The molecule has 1 N–H and O–H groups in total. The van der Waals surface area contributed by atoms with Crippen LogP contribution in [0.25, 0.3) is 4.96 Å². The van der Waals surface area contributed by atoms with Crippen molar-refractivity contribution >= 4 is 27.6 Å². The van der Waals surface area contributed by atoms with Crippen LogP contribution in [-0.4, -0.2) is 15.9 Å². The van der Waals surface area contributed by atoms with Gasteiger partial charge in [0.25, 0.3) is 5.56 Å². The van der Waals surface area contributed by atoms with Crippen LogP contribution < -0.4 is 10.5 Å². The second-order valence-electron chi connectivity index (χ2n) is 6.59. The van der Waals surface area contributed by atoms with Crippen LogP contribution in [0.3, 0.4) is 0 Å². The maximum Gasteiger partial charge on any atom is 0.258 e. The number of nitrogens with one attached hydrogen (secondary N) is 1. The Morgan fingerprint density at radius 3 is 3.09 bits per heavy atom. The number of hydrogen-bond acceptors (Lipinski definition) is 4. The minimum atomic E-state index is 0.0434. The molecule has 2 aliphatic rings. The van der Waals surface area contributed by atoms with Crippen LogP contribution in [0.4, 0.5) is 0 Å². The summed E-state index contributed by atoms with van der Waals surface area (Å²) >= 11 is 3.44. The highest BCUT2D eigenvalue weighted by Gasteiger charge is 2.43. The first kappa shape index (κ1) is 13.9. The first-order chi connectivity index (χ1) is 11.3. The van der Waals surface area contributed by atoms with E-state index in [4.69, 9.17) is 4.98 Å². The van der Waals surface area contributed by atoms with E-state index < -0.39 is 0 Å². The van der Waals surface area contributed by atoms with E-state index in [-0.39, 0.29) is 5.56 Å². The Morgan fingerprint density at radius 2 is 2.22 bits per heavy atom. The fourth-order valence-corrected chi connectivity index (χ4v) is 5.58. The number of thiophene rings is 1. The van der Waals surface area contributed by atoms with Crippen LogP contribution in [0.5, 0.6) is 0 Å². The van der Waals surface area contributed by atoms with Gasteiger partial charge >= 0.3 is 0 Å². The van der Waals surface area contributed by atoms with E-state index in [9.17, 15) is 4.79 Å². The second kappa shape index (κ2) is 5.26. The number of aromatic nitrogens is 2. The third-order valence-corrected chi connectivity index (χ3v) is 6.84. The van der Waals surface area contributed by atoms with E-state index >= 15 is 0 Å². The Balaban J connectivity index is 1.50. The van der Waals surface area contributed by atoms with Crippen LogP contribution in [-0.2, 0) is 13.0 Å². The molecular weight excluding hydrogens is 326 g/mol. The van der Waals surface area contributed by atoms with E-state index in [1.807, 2.05) is 16.7 Å². The largest absolute Gasteiger partial charge is 0.323 e. The average molecular weight is 344 g/mol. The lowest BCUT2D eigenvalue weighted by Gasteiger charge is -2.32. The molecule has 5 rings (SSSR count). The second-order valence-corrected chi connectivity index (χ2v) is 8.46. The van der Waals surface area contributed by atoms with Gasteiger partial charge in [-0.25, -0.2) is 4.98 Å². The quantitative estimate of drug-likeness (QED) is 0.788. The summed E-state index contributed by atoms with van der Waals surface area (Å²) in [5.41, 5.74) is 2.55. The van der Waals surface area contributed by atoms with E-state index in [0.717, 1.165) is 36.1 Å². The van der Waals surface area contributed by atoms with Gasteiger partial charge < -0.3 is 4.90 Å². The molecule has 1 aliphatic heterocycles. The van der Waals surface area contributed by atoms with Crippen molar-refractivity contribution < 1.29 is 4.90 Å². The topological polar surface area (TPSA) is 38.8 Å². The van der Waals surface area contributed by atoms with Crippen molar-refractivity contribution in [2.45, 2.75) is 31.8 Å². The summed E-state index contributed by atoms with van der Waals surface area (Å²) < 4.78 is 1.63. The smallest absolute Gasteiger partial charge is 0.258 e. The predicted molar refractivity (Wildman–Crippen MR) is 92.4 cm³/mol. The minimum absolute atomic E-state index is 0.0434. The fourth-order valence-electron chi connectivity index (χ4n) is 3.91. The molecule has 1 unspecified atom stereocenters. The minimum Gasteiger partial charge on any atom is -0.323 e. The van der Waals surface area contributed by atoms with Crippen LogP contribution in [0, 0.1) is 5.92 Å². The summed E-state index contributed by atoms with van der Waals surface area (Å²) in [5, 5.41) is 4.16. The molecule has 1 aliphatic carbocycles. The molecule has 0 saturated heterocycles. The molecule has 0 spiro atoms. The highest BCUT2D eigenvalue weighted by molar-refractivity contribution is 7.15. The third-order valence-electron chi connectivity index (χ3n) is 5.09. The van der Waals surface area contributed by atoms with Gasteiger partial charge in [-0.1, -0.05) is 0 Å². The first-order valence-corrected chi connectivity index (χ1v) is 9.92. The lowest BCUT2D eigenvalue weighted by atomic mass is 9.96. The van der Waals surface area contributed by atoms with Crippen LogP contribution in [0.15, 0.2) is 33.9 Å². The average Bonchev–Trinajstić information content (AvgIpc) is 3.07. The van der Waals surface area contributed by atoms with Gasteiger partial charge in [0.15, 0.2) is 4.96 Å². The normalized spacial score (nSPS) is 24.0. The van der Waals surface area contributed by atoms with E-state index in [1.165, 1.54) is 24.2 Å². The number of thiazole rings is 1. The molecule has 1 fully saturated rings. The Labute approximate surface area is 142 Å². The zero-order valence-corrected chi connectivity index (χ0v) is 14.3. The maximum absolute atomic E-state index is 12.2. The summed E-state index contributed by atoms with van der Waals surface area (Å²) in [7, 11) is 0. The SMILES string of the molecule is O=c1cc(C[NH+]2CCc3sccc3[C@@H]2C2CC2)nc2sccn12. The molecule has 0 radical (unpaired) electrons. The Morgan fingerprint density at radius 1 is 1.30 bits per heavy atom. The summed E-state index contributed by atoms with van der Waals surface area (Å²) in [5.74, 6) is 0.824. The lowest BCUT2D eigenvalue weighted by Crippen LogP contribution is -3.12. The van der Waals surface area contributed by atoms with Gasteiger partial charge in [-0.15, -0.1) is 22.7 Å². The van der Waals surface area contributed by atoms with Crippen molar-refractivity contribution in [2.24, 2.45) is 5.92 Å². The highest BCUT2D eigenvalue weighted by atomic mass is 32.1. The summed E-state index contributed by atoms with van der Waals surface area (Å²) in [6, 6.07) is 4.65. The maximum atomic E-state index is 12.2. The first-order valence-electron chi connectivity index (χ1n) is 8.16. The third kappa shape index (κ3) is 2.36. The Kier molecular flexibility index (Phi) is 3.18. The molecule has 4 nitrogen and oxygen atoms in total. The van der Waals surface area contributed by atoms with Crippen LogP contribution >= 0.6 is 22.7 Å². The molecule has 0 bridgehead atoms. The predicted octanol–water partition coefficient (Wildman–Crippen LogP) is 1.91. The van der Waals surface area contributed by atoms with Crippen molar-refractivity contribution in [3.05, 3.63) is 55.6 Å². The molecule has 3 aromatic heterocycles. The Hall–Kier alpha value is -1.50. The monoisotopic (exact) mass is 344 g/mol. The number of nitrogens with zero attached hydrogens (tertiary/aromatic N) is 2. The van der Waals surface area contributed by atoms with E-state index in [0.29, 0.717) is 6.04 Å². The van der Waals surface area contributed by atoms with Gasteiger partial charge in [-0.05, 0) is 24.3 Å². The molecule has 3 aromatic rings. The summed E-state index contributed by atoms with van der Waals surface area (Å²) in [4.78, 5) is 20.9. The van der Waals surface area contributed by atoms with Crippen LogP contribution in [0.1, 0.15) is 35.0 Å². The number of quaternary nitrogens is 1. The summed E-state index contributed by atoms with van der Waals surface area (Å²) in [6.07, 6.45) is 5.66. The molecule has 4 heterocycles. The molecule has 118 valence electrons. The lowest BCUT2D eigenvalue weighted by molar-refractivity contribution is -0.949. The number of fused-ring (bicyclic) bond motifs is 2. The molecular formula is C17H18N3OS2+. The number of rotatable bonds is 3. The van der Waals surface area contributed by atoms with E-state index in [1.54, 1.807) is 32.0 Å². The molecule has 23 heavy (non-hydrogen) atoms. The zero-order chi connectivity index (χ0) is 15.4. The van der Waals surface area contributed by atoms with Gasteiger partial charge in [-0.2, -0.15) is 0 Å². The van der Waals surface area contributed by atoms with Crippen molar-refractivity contribution in [1.29, 1.82) is 0 Å². The number of hydrogen-bond donors (Lipinski definition) is 1. The van der Waals surface area contributed by atoms with Crippen molar-refractivity contribution in [3.63, 3.8) is 0 Å². The fraction of sp³-hybridized carbons (Fsp3) is 0.412. The van der Waals surface area contributed by atoms with E-state index in [2.05, 4.69) is 11.4 Å². The van der Waals surface area contributed by atoms with Gasteiger partial charge in [0, 0.05) is 40.4 Å². The van der Waals surface area contributed by atoms with Crippen LogP contribution in [0.2, 0.25) is 0 Å². The van der Waals surface area contributed by atoms with Crippen molar-refractivity contribution in [1.82, 2.24) is 9.38 Å².